The smallest absolute Gasteiger partial charge is 0.229 e. The summed E-state index contributed by atoms with van der Waals surface area (Å²) in [4.78, 5) is 12.9. The molecule has 4 rings (SSSR count). The van der Waals surface area contributed by atoms with Gasteiger partial charge in [0.2, 0.25) is 11.7 Å². The van der Waals surface area contributed by atoms with Crippen molar-refractivity contribution in [3.63, 3.8) is 0 Å². The molecule has 0 radical (unpaired) electrons. The molecule has 2 heterocycles. The minimum absolute atomic E-state index is 0.00229. The molecule has 5 atom stereocenters. The minimum Gasteiger partial charge on any atom is -0.507 e. The Morgan fingerprint density at radius 3 is 2.41 bits per heavy atom. The molecule has 0 amide bonds. The van der Waals surface area contributed by atoms with Crippen LogP contribution in [0.3, 0.4) is 0 Å². The summed E-state index contributed by atoms with van der Waals surface area (Å²) in [5.74, 6) is -0.494. The molecule has 11 nitrogen and oxygen atoms in total. The molecule has 182 valence electrons. The van der Waals surface area contributed by atoms with Crippen LogP contribution in [0.2, 0.25) is 0 Å². The van der Waals surface area contributed by atoms with Crippen molar-refractivity contribution in [2.24, 2.45) is 0 Å². The zero-order valence-electron chi connectivity index (χ0n) is 17.6. The first-order valence-corrected chi connectivity index (χ1v) is 10.8. The third-order valence-electron chi connectivity index (χ3n) is 5.43. The maximum Gasteiger partial charge on any atom is 0.229 e. The highest BCUT2D eigenvalue weighted by atomic mass is 79.9. The first-order chi connectivity index (χ1) is 16.2. The number of aromatic hydroxyl groups is 2. The Balaban J connectivity index is 1.76. The van der Waals surface area contributed by atoms with Gasteiger partial charge in [-0.25, -0.2) is 0 Å². The lowest BCUT2D eigenvalue weighted by Crippen LogP contribution is -2.60. The fraction of sp³-hybridized carbons (Fsp3) is 0.318. The quantitative estimate of drug-likeness (QED) is 0.269. The van der Waals surface area contributed by atoms with E-state index in [-0.39, 0.29) is 38.5 Å². The van der Waals surface area contributed by atoms with Crippen LogP contribution in [0.4, 0.5) is 0 Å². The van der Waals surface area contributed by atoms with Crippen LogP contribution in [0.15, 0.2) is 44.0 Å². The molecule has 3 aromatic rings. The van der Waals surface area contributed by atoms with E-state index in [1.807, 2.05) is 0 Å². The SMILES string of the molecule is COc1ccc(-c2oc3cc(OC4O[C@H](CO)[C@@H](O)[C@H](O)[C@H]4O)cc(O)c3c(=O)c2Br)cc1O. The molecule has 1 aliphatic heterocycles. The van der Waals surface area contributed by atoms with E-state index in [9.17, 15) is 35.4 Å². The zero-order valence-corrected chi connectivity index (χ0v) is 19.2. The first kappa shape index (κ1) is 24.3. The summed E-state index contributed by atoms with van der Waals surface area (Å²) < 4.78 is 21.7. The van der Waals surface area contributed by atoms with E-state index >= 15 is 0 Å². The Hall–Kier alpha value is -2.87. The van der Waals surface area contributed by atoms with Crippen LogP contribution in [0, 0.1) is 0 Å². The molecule has 1 saturated heterocycles. The van der Waals surface area contributed by atoms with Crippen LogP contribution in [0.25, 0.3) is 22.3 Å². The van der Waals surface area contributed by atoms with Gasteiger partial charge in [-0.2, -0.15) is 0 Å². The largest absolute Gasteiger partial charge is 0.507 e. The van der Waals surface area contributed by atoms with Gasteiger partial charge < -0.3 is 49.3 Å². The second-order valence-corrected chi connectivity index (χ2v) is 8.38. The second-order valence-electron chi connectivity index (χ2n) is 7.59. The average molecular weight is 541 g/mol. The maximum atomic E-state index is 12.9. The van der Waals surface area contributed by atoms with E-state index in [2.05, 4.69) is 15.9 Å². The summed E-state index contributed by atoms with van der Waals surface area (Å²) in [7, 11) is 1.39. The number of phenols is 2. The Labute approximate surface area is 200 Å². The minimum atomic E-state index is -1.68. The average Bonchev–Trinajstić information content (AvgIpc) is 2.81. The van der Waals surface area contributed by atoms with Crippen LogP contribution in [0.1, 0.15) is 0 Å². The van der Waals surface area contributed by atoms with Gasteiger partial charge in [-0.15, -0.1) is 0 Å². The Morgan fingerprint density at radius 2 is 1.76 bits per heavy atom. The normalized spacial score (nSPS) is 24.8. The van der Waals surface area contributed by atoms with Gasteiger partial charge >= 0.3 is 0 Å². The van der Waals surface area contributed by atoms with Gasteiger partial charge in [0.05, 0.1) is 13.7 Å². The van der Waals surface area contributed by atoms with E-state index in [0.717, 1.165) is 6.07 Å². The van der Waals surface area contributed by atoms with Crippen LogP contribution in [-0.2, 0) is 4.74 Å². The van der Waals surface area contributed by atoms with Gasteiger partial charge in [0, 0.05) is 17.7 Å². The van der Waals surface area contributed by atoms with E-state index in [1.54, 1.807) is 6.07 Å². The number of benzene rings is 2. The molecule has 6 N–H and O–H groups in total. The second kappa shape index (κ2) is 9.41. The van der Waals surface area contributed by atoms with Crippen LogP contribution >= 0.6 is 15.9 Å². The van der Waals surface area contributed by atoms with Crippen molar-refractivity contribution in [2.45, 2.75) is 30.7 Å². The van der Waals surface area contributed by atoms with Gasteiger partial charge in [0.15, 0.2) is 17.3 Å². The van der Waals surface area contributed by atoms with Crippen molar-refractivity contribution in [3.8, 4) is 34.3 Å². The predicted octanol–water partition coefficient (Wildman–Crippen LogP) is 0.821. The van der Waals surface area contributed by atoms with Crippen molar-refractivity contribution < 1.29 is 49.3 Å². The summed E-state index contributed by atoms with van der Waals surface area (Å²) >= 11 is 3.18. The molecular formula is C22H21BrO11. The Bertz CT molecular complexity index is 1270. The molecule has 1 unspecified atom stereocenters. The van der Waals surface area contributed by atoms with Crippen LogP contribution in [-0.4, -0.2) is 75.1 Å². The van der Waals surface area contributed by atoms with Crippen molar-refractivity contribution >= 4 is 26.9 Å². The molecular weight excluding hydrogens is 520 g/mol. The Kier molecular flexibility index (Phi) is 6.71. The molecule has 12 heteroatoms. The predicted molar refractivity (Wildman–Crippen MR) is 120 cm³/mol. The topological polar surface area (TPSA) is 179 Å². The summed E-state index contributed by atoms with van der Waals surface area (Å²) in [5.41, 5.74) is -0.342. The van der Waals surface area contributed by atoms with Gasteiger partial charge in [-0.05, 0) is 34.1 Å². The molecule has 1 aromatic heterocycles. The lowest BCUT2D eigenvalue weighted by atomic mass is 9.99. The van der Waals surface area contributed by atoms with Crippen molar-refractivity contribution in [3.05, 3.63) is 45.0 Å². The van der Waals surface area contributed by atoms with Crippen LogP contribution < -0.4 is 14.9 Å². The van der Waals surface area contributed by atoms with Gasteiger partial charge in [0.1, 0.15) is 51.4 Å². The van der Waals surface area contributed by atoms with E-state index < -0.39 is 48.5 Å². The van der Waals surface area contributed by atoms with Crippen LogP contribution in [0.5, 0.6) is 23.0 Å². The van der Waals surface area contributed by atoms with Crippen molar-refractivity contribution in [1.82, 2.24) is 0 Å². The molecule has 34 heavy (non-hydrogen) atoms. The summed E-state index contributed by atoms with van der Waals surface area (Å²) in [6.07, 6.45) is -7.60. The number of fused-ring (bicyclic) bond motifs is 1. The third kappa shape index (κ3) is 4.19. The molecule has 1 fully saturated rings. The number of hydrogen-bond donors (Lipinski definition) is 6. The monoisotopic (exact) mass is 540 g/mol. The highest BCUT2D eigenvalue weighted by Crippen LogP contribution is 2.38. The fourth-order valence-corrected chi connectivity index (χ4v) is 4.14. The molecule has 0 saturated carbocycles. The number of hydrogen-bond acceptors (Lipinski definition) is 11. The highest BCUT2D eigenvalue weighted by molar-refractivity contribution is 9.10. The van der Waals surface area contributed by atoms with Gasteiger partial charge in [0.25, 0.3) is 0 Å². The lowest BCUT2D eigenvalue weighted by Gasteiger charge is -2.39. The van der Waals surface area contributed by atoms with E-state index in [0.29, 0.717) is 5.56 Å². The number of ether oxygens (including phenoxy) is 3. The molecule has 1 aliphatic rings. The maximum absolute atomic E-state index is 12.9. The zero-order chi connectivity index (χ0) is 24.7. The number of rotatable bonds is 5. The van der Waals surface area contributed by atoms with E-state index in [4.69, 9.17) is 18.6 Å². The molecule has 0 spiro atoms. The van der Waals surface area contributed by atoms with Gasteiger partial charge in [-0.3, -0.25) is 4.79 Å². The number of aliphatic hydroxyl groups is 4. The van der Waals surface area contributed by atoms with E-state index in [1.165, 1.54) is 25.3 Å². The highest BCUT2D eigenvalue weighted by Gasteiger charge is 2.44. The third-order valence-corrected chi connectivity index (χ3v) is 6.15. The first-order valence-electron chi connectivity index (χ1n) is 10.00. The lowest BCUT2D eigenvalue weighted by molar-refractivity contribution is -0.277. The van der Waals surface area contributed by atoms with Crippen molar-refractivity contribution in [2.75, 3.05) is 13.7 Å². The van der Waals surface area contributed by atoms with Crippen molar-refractivity contribution in [1.29, 1.82) is 0 Å². The Morgan fingerprint density at radius 1 is 1.03 bits per heavy atom. The number of phenolic OH excluding ortho intramolecular Hbond substituents is 2. The molecule has 2 aromatic carbocycles. The number of methoxy groups -OCH3 is 1. The summed E-state index contributed by atoms with van der Waals surface area (Å²) in [6, 6.07) is 6.73. The number of aliphatic hydroxyl groups excluding tert-OH is 4. The summed E-state index contributed by atoms with van der Waals surface area (Å²) in [5, 5.41) is 59.8. The summed E-state index contributed by atoms with van der Waals surface area (Å²) in [6.45, 7) is -0.644. The number of halogens is 1. The molecule has 0 aliphatic carbocycles. The standard InChI is InChI=1S/C22H21BrO11/c1-31-12-3-2-8(4-10(12)25)21-16(23)18(28)15-11(26)5-9(6-13(15)33-21)32-22-20(30)19(29)17(27)14(7-24)34-22/h2-6,14,17,19-20,22,24-27,29-30H,7H2,1H3/t14-,17-,19+,20-,22?/m1/s1. The fourth-order valence-electron chi connectivity index (χ4n) is 3.64. The van der Waals surface area contributed by atoms with Gasteiger partial charge in [-0.1, -0.05) is 0 Å². The molecule has 0 bridgehead atoms.